The molecule has 41 heavy (non-hydrogen) atoms. The van der Waals surface area contributed by atoms with E-state index in [1.165, 1.54) is 11.1 Å². The number of aryl methyl sites for hydroxylation is 3. The van der Waals surface area contributed by atoms with Gasteiger partial charge in [-0.2, -0.15) is 0 Å². The number of nitrogens with one attached hydrogen (secondary N) is 2. The van der Waals surface area contributed by atoms with Gasteiger partial charge in [-0.1, -0.05) is 67.1 Å². The predicted molar refractivity (Wildman–Crippen MR) is 163 cm³/mol. The molecule has 0 bridgehead atoms. The van der Waals surface area contributed by atoms with Crippen molar-refractivity contribution in [2.75, 3.05) is 10.6 Å². The molecule has 0 saturated carbocycles. The standard InChI is InChI=1S/C36H30N2O3/c1-4-24-19-22(2)17-18-29(24)38-30-15-10-16-32-34(30)36(27-14-9-8-13-26(27)35(39)41-36)28-21-31(23(3)20-33(28)40-32)37-25-11-6-5-7-12-25/h5-21,37-38H,4H2,1-3H3. The van der Waals surface area contributed by atoms with Gasteiger partial charge in [0.2, 0.25) is 0 Å². The van der Waals surface area contributed by atoms with Crippen LogP contribution in [0.2, 0.25) is 0 Å². The second kappa shape index (κ2) is 9.56. The number of rotatable bonds is 5. The Labute approximate surface area is 239 Å². The van der Waals surface area contributed by atoms with Gasteiger partial charge >= 0.3 is 5.97 Å². The Morgan fingerprint density at radius 3 is 2.34 bits per heavy atom. The molecule has 202 valence electrons. The molecule has 2 aliphatic rings. The minimum absolute atomic E-state index is 0.350. The van der Waals surface area contributed by atoms with E-state index >= 15 is 0 Å². The zero-order valence-corrected chi connectivity index (χ0v) is 23.2. The maximum Gasteiger partial charge on any atom is 0.340 e. The van der Waals surface area contributed by atoms with E-state index in [1.54, 1.807) is 0 Å². The summed E-state index contributed by atoms with van der Waals surface area (Å²) in [7, 11) is 0. The van der Waals surface area contributed by atoms with Gasteiger partial charge in [0.25, 0.3) is 0 Å². The number of fused-ring (bicyclic) bond motifs is 6. The van der Waals surface area contributed by atoms with Gasteiger partial charge < -0.3 is 20.1 Å². The summed E-state index contributed by atoms with van der Waals surface area (Å²) in [6, 6.07) is 34.2. The molecular formula is C36H30N2O3. The number of hydrogen-bond donors (Lipinski definition) is 2. The number of anilines is 4. The SMILES string of the molecule is CCc1cc(C)ccc1Nc1cccc2c1C1(OC(=O)c3ccccc31)c1cc(Nc3ccccc3)c(C)cc1O2. The summed E-state index contributed by atoms with van der Waals surface area (Å²) in [5, 5.41) is 7.24. The van der Waals surface area contributed by atoms with Crippen LogP contribution in [0.3, 0.4) is 0 Å². The molecule has 2 aliphatic heterocycles. The molecule has 5 heteroatoms. The fourth-order valence-electron chi connectivity index (χ4n) is 6.07. The Balaban J connectivity index is 1.47. The first-order valence-corrected chi connectivity index (χ1v) is 14.0. The van der Waals surface area contributed by atoms with Crippen LogP contribution in [0.5, 0.6) is 11.5 Å². The first-order chi connectivity index (χ1) is 20.0. The molecule has 7 rings (SSSR count). The number of benzene rings is 5. The minimum atomic E-state index is -1.20. The Hall–Kier alpha value is -5.03. The Kier molecular flexibility index (Phi) is 5.82. The molecule has 1 atom stereocenters. The van der Waals surface area contributed by atoms with Gasteiger partial charge in [-0.3, -0.25) is 0 Å². The summed E-state index contributed by atoms with van der Waals surface area (Å²) in [6.45, 7) is 6.30. The summed E-state index contributed by atoms with van der Waals surface area (Å²) >= 11 is 0. The van der Waals surface area contributed by atoms with Crippen molar-refractivity contribution >= 4 is 28.7 Å². The molecular weight excluding hydrogens is 508 g/mol. The minimum Gasteiger partial charge on any atom is -0.456 e. The molecule has 0 fully saturated rings. The predicted octanol–water partition coefficient (Wildman–Crippen LogP) is 8.92. The van der Waals surface area contributed by atoms with Crippen LogP contribution in [0.15, 0.2) is 103 Å². The third-order valence-electron chi connectivity index (χ3n) is 8.04. The van der Waals surface area contributed by atoms with Crippen molar-refractivity contribution in [2.45, 2.75) is 32.8 Å². The van der Waals surface area contributed by atoms with Crippen molar-refractivity contribution in [1.82, 2.24) is 0 Å². The van der Waals surface area contributed by atoms with Crippen molar-refractivity contribution in [2.24, 2.45) is 0 Å². The fourth-order valence-corrected chi connectivity index (χ4v) is 6.07. The van der Waals surface area contributed by atoms with Gasteiger partial charge in [0.05, 0.1) is 16.8 Å². The van der Waals surface area contributed by atoms with E-state index in [0.29, 0.717) is 17.1 Å². The molecule has 2 N–H and O–H groups in total. The van der Waals surface area contributed by atoms with Crippen LogP contribution in [0.25, 0.3) is 0 Å². The zero-order valence-electron chi connectivity index (χ0n) is 23.2. The van der Waals surface area contributed by atoms with Crippen molar-refractivity contribution in [3.8, 4) is 11.5 Å². The average molecular weight is 539 g/mol. The molecule has 5 nitrogen and oxygen atoms in total. The third-order valence-corrected chi connectivity index (χ3v) is 8.04. The van der Waals surface area contributed by atoms with Crippen molar-refractivity contribution < 1.29 is 14.3 Å². The van der Waals surface area contributed by atoms with Crippen LogP contribution in [0, 0.1) is 13.8 Å². The second-order valence-electron chi connectivity index (χ2n) is 10.7. The van der Waals surface area contributed by atoms with Crippen LogP contribution >= 0.6 is 0 Å². The van der Waals surface area contributed by atoms with Crippen LogP contribution in [0.4, 0.5) is 22.7 Å². The molecule has 0 aliphatic carbocycles. The highest BCUT2D eigenvalue weighted by Crippen LogP contribution is 2.59. The van der Waals surface area contributed by atoms with Gasteiger partial charge in [0.1, 0.15) is 11.5 Å². The van der Waals surface area contributed by atoms with E-state index in [1.807, 2.05) is 85.8 Å². The lowest BCUT2D eigenvalue weighted by molar-refractivity contribution is 0.0227. The lowest BCUT2D eigenvalue weighted by atomic mass is 9.76. The average Bonchev–Trinajstić information content (AvgIpc) is 3.28. The van der Waals surface area contributed by atoms with Gasteiger partial charge in [-0.15, -0.1) is 0 Å². The quantitative estimate of drug-likeness (QED) is 0.219. The van der Waals surface area contributed by atoms with Crippen molar-refractivity contribution in [1.29, 1.82) is 0 Å². The molecule has 5 aromatic carbocycles. The number of carbonyl (C=O) groups is 1. The van der Waals surface area contributed by atoms with Gasteiger partial charge in [-0.25, -0.2) is 4.79 Å². The summed E-state index contributed by atoms with van der Waals surface area (Å²) < 4.78 is 13.1. The smallest absolute Gasteiger partial charge is 0.340 e. The monoisotopic (exact) mass is 538 g/mol. The lowest BCUT2D eigenvalue weighted by Gasteiger charge is -2.38. The zero-order chi connectivity index (χ0) is 28.1. The topological polar surface area (TPSA) is 59.6 Å². The number of hydrogen-bond acceptors (Lipinski definition) is 5. The normalized spacial score (nSPS) is 16.3. The van der Waals surface area contributed by atoms with Crippen LogP contribution in [-0.2, 0) is 16.8 Å². The summed E-state index contributed by atoms with van der Waals surface area (Å²) in [4.78, 5) is 13.5. The molecule has 2 heterocycles. The Morgan fingerprint density at radius 1 is 0.707 bits per heavy atom. The maximum absolute atomic E-state index is 13.5. The van der Waals surface area contributed by atoms with Crippen LogP contribution in [0.1, 0.15) is 50.7 Å². The number of ether oxygens (including phenoxy) is 2. The number of esters is 1. The Bertz CT molecular complexity index is 1830. The number of para-hydroxylation sites is 1. The lowest BCUT2D eigenvalue weighted by Crippen LogP contribution is -2.34. The van der Waals surface area contributed by atoms with E-state index in [2.05, 4.69) is 48.7 Å². The molecule has 0 saturated heterocycles. The van der Waals surface area contributed by atoms with E-state index in [9.17, 15) is 4.79 Å². The van der Waals surface area contributed by atoms with E-state index in [4.69, 9.17) is 9.47 Å². The van der Waals surface area contributed by atoms with Crippen LogP contribution in [-0.4, -0.2) is 5.97 Å². The largest absolute Gasteiger partial charge is 0.456 e. The molecule has 0 amide bonds. The van der Waals surface area contributed by atoms with E-state index < -0.39 is 5.60 Å². The second-order valence-corrected chi connectivity index (χ2v) is 10.7. The summed E-state index contributed by atoms with van der Waals surface area (Å²) in [5.41, 5.74) is 8.90. The molecule has 1 spiro atoms. The maximum atomic E-state index is 13.5. The first kappa shape index (κ1) is 25.0. The third kappa shape index (κ3) is 3.96. The number of carbonyl (C=O) groups excluding carboxylic acids is 1. The van der Waals surface area contributed by atoms with Crippen molar-refractivity contribution in [3.05, 3.63) is 142 Å². The first-order valence-electron chi connectivity index (χ1n) is 14.0. The highest BCUT2D eigenvalue weighted by molar-refractivity contribution is 5.98. The summed E-state index contributed by atoms with van der Waals surface area (Å²) in [6.07, 6.45) is 0.884. The van der Waals surface area contributed by atoms with Crippen LogP contribution < -0.4 is 15.4 Å². The molecule has 0 radical (unpaired) electrons. The van der Waals surface area contributed by atoms with E-state index in [-0.39, 0.29) is 5.97 Å². The summed E-state index contributed by atoms with van der Waals surface area (Å²) in [5.74, 6) is 0.970. The highest BCUT2D eigenvalue weighted by atomic mass is 16.6. The molecule has 5 aromatic rings. The highest BCUT2D eigenvalue weighted by Gasteiger charge is 2.55. The Morgan fingerprint density at radius 2 is 1.51 bits per heavy atom. The van der Waals surface area contributed by atoms with Gasteiger partial charge in [0.15, 0.2) is 5.60 Å². The fraction of sp³-hybridized carbons (Fsp3) is 0.139. The molecule has 0 aromatic heterocycles. The van der Waals surface area contributed by atoms with E-state index in [0.717, 1.165) is 51.4 Å². The van der Waals surface area contributed by atoms with Crippen molar-refractivity contribution in [3.63, 3.8) is 0 Å². The van der Waals surface area contributed by atoms with Gasteiger partial charge in [-0.05, 0) is 79.9 Å². The van der Waals surface area contributed by atoms with Gasteiger partial charge in [0, 0.05) is 28.2 Å². The molecule has 1 unspecified atom stereocenters.